The number of hydrogen-bond donors (Lipinski definition) is 1. The largest absolute Gasteiger partial charge is 0.481 e. The smallest absolute Gasteiger partial charge is 0.309 e. The van der Waals surface area contributed by atoms with Crippen LogP contribution in [0.5, 0.6) is 0 Å². The molecule has 4 heteroatoms. The Bertz CT molecular complexity index is 314. The number of allylic oxidation sites excluding steroid dienone is 1. The predicted molar refractivity (Wildman–Crippen MR) is 70.2 cm³/mol. The second-order valence-electron chi connectivity index (χ2n) is 4.92. The maximum absolute atomic E-state index is 12.1. The lowest BCUT2D eigenvalue weighted by Gasteiger charge is -2.15. The number of nitrogens with zero attached hydrogens (tertiary/aromatic N) is 1. The van der Waals surface area contributed by atoms with Crippen LogP contribution in [-0.2, 0) is 9.59 Å². The molecule has 1 fully saturated rings. The zero-order valence-electron chi connectivity index (χ0n) is 11.1. The van der Waals surface area contributed by atoms with E-state index >= 15 is 0 Å². The molecule has 1 saturated heterocycles. The SMILES string of the molecule is C=CCC1C(=O)N(CCCCCC)CC1C(=O)O. The van der Waals surface area contributed by atoms with Crippen LogP contribution in [0.25, 0.3) is 0 Å². The Balaban J connectivity index is 2.53. The molecule has 1 N–H and O–H groups in total. The van der Waals surface area contributed by atoms with Crippen LogP contribution in [0.4, 0.5) is 0 Å². The van der Waals surface area contributed by atoms with Crippen molar-refractivity contribution >= 4 is 11.9 Å². The summed E-state index contributed by atoms with van der Waals surface area (Å²) in [5.74, 6) is -1.86. The van der Waals surface area contributed by atoms with Crippen LogP contribution < -0.4 is 0 Å². The van der Waals surface area contributed by atoms with E-state index in [-0.39, 0.29) is 5.91 Å². The second kappa shape index (κ2) is 7.19. The average molecular weight is 253 g/mol. The lowest BCUT2D eigenvalue weighted by atomic mass is 9.93. The average Bonchev–Trinajstić information content (AvgIpc) is 2.64. The first-order valence-corrected chi connectivity index (χ1v) is 6.74. The molecule has 0 bridgehead atoms. The first-order chi connectivity index (χ1) is 8.61. The summed E-state index contributed by atoms with van der Waals surface area (Å²) in [6, 6.07) is 0. The van der Waals surface area contributed by atoms with Crippen LogP contribution in [-0.4, -0.2) is 35.0 Å². The maximum atomic E-state index is 12.1. The number of aliphatic carboxylic acids is 1. The summed E-state index contributed by atoms with van der Waals surface area (Å²) in [6.45, 7) is 6.79. The third-order valence-electron chi connectivity index (χ3n) is 3.55. The van der Waals surface area contributed by atoms with Gasteiger partial charge in [0.1, 0.15) is 0 Å². The van der Waals surface area contributed by atoms with E-state index in [9.17, 15) is 9.59 Å². The molecule has 0 spiro atoms. The summed E-state index contributed by atoms with van der Waals surface area (Å²) in [5.41, 5.74) is 0. The van der Waals surface area contributed by atoms with Gasteiger partial charge in [-0.15, -0.1) is 6.58 Å². The van der Waals surface area contributed by atoms with Crippen LogP contribution in [0.3, 0.4) is 0 Å². The summed E-state index contributed by atoms with van der Waals surface area (Å²) in [7, 11) is 0. The quantitative estimate of drug-likeness (QED) is 0.533. The van der Waals surface area contributed by atoms with Crippen molar-refractivity contribution in [3.05, 3.63) is 12.7 Å². The molecule has 0 aromatic rings. The van der Waals surface area contributed by atoms with Gasteiger partial charge in [0.15, 0.2) is 0 Å². The predicted octanol–water partition coefficient (Wildman–Crippen LogP) is 2.30. The number of likely N-dealkylation sites (tertiary alicyclic amines) is 1. The van der Waals surface area contributed by atoms with Crippen molar-refractivity contribution in [2.75, 3.05) is 13.1 Å². The molecule has 1 heterocycles. The summed E-state index contributed by atoms with van der Waals surface area (Å²) >= 11 is 0. The summed E-state index contributed by atoms with van der Waals surface area (Å²) in [4.78, 5) is 24.9. The number of rotatable bonds is 8. The first-order valence-electron chi connectivity index (χ1n) is 6.74. The van der Waals surface area contributed by atoms with E-state index in [2.05, 4.69) is 13.5 Å². The zero-order valence-corrected chi connectivity index (χ0v) is 11.1. The van der Waals surface area contributed by atoms with E-state index in [0.717, 1.165) is 19.3 Å². The minimum Gasteiger partial charge on any atom is -0.481 e. The Morgan fingerprint density at radius 3 is 2.78 bits per heavy atom. The van der Waals surface area contributed by atoms with Gasteiger partial charge >= 0.3 is 5.97 Å². The van der Waals surface area contributed by atoms with Gasteiger partial charge in [0.05, 0.1) is 11.8 Å². The Morgan fingerprint density at radius 2 is 2.22 bits per heavy atom. The standard InChI is InChI=1S/C14H23NO3/c1-3-5-6-7-9-15-10-12(14(17)18)11(8-4-2)13(15)16/h4,11-12H,2-3,5-10H2,1H3,(H,17,18). The van der Waals surface area contributed by atoms with Crippen molar-refractivity contribution in [2.24, 2.45) is 11.8 Å². The molecule has 0 aromatic heterocycles. The number of amides is 1. The lowest BCUT2D eigenvalue weighted by Crippen LogP contribution is -2.28. The summed E-state index contributed by atoms with van der Waals surface area (Å²) < 4.78 is 0. The Hall–Kier alpha value is -1.32. The molecule has 2 unspecified atom stereocenters. The normalized spacial score (nSPS) is 23.4. The molecule has 0 radical (unpaired) electrons. The van der Waals surface area contributed by atoms with Gasteiger partial charge in [-0.1, -0.05) is 32.3 Å². The highest BCUT2D eigenvalue weighted by Crippen LogP contribution is 2.28. The Labute approximate surface area is 109 Å². The van der Waals surface area contributed by atoms with Gasteiger partial charge in [0.2, 0.25) is 5.91 Å². The van der Waals surface area contributed by atoms with Gasteiger partial charge in [-0.2, -0.15) is 0 Å². The molecule has 1 amide bonds. The fourth-order valence-electron chi connectivity index (χ4n) is 2.49. The number of carboxylic acids is 1. The van der Waals surface area contributed by atoms with E-state index in [1.807, 2.05) is 0 Å². The highest BCUT2D eigenvalue weighted by molar-refractivity contribution is 5.88. The first kappa shape index (κ1) is 14.7. The number of carbonyl (C=O) groups is 2. The van der Waals surface area contributed by atoms with E-state index in [1.54, 1.807) is 11.0 Å². The van der Waals surface area contributed by atoms with E-state index in [4.69, 9.17) is 5.11 Å². The molecule has 1 aliphatic heterocycles. The van der Waals surface area contributed by atoms with Gasteiger partial charge in [0.25, 0.3) is 0 Å². The highest BCUT2D eigenvalue weighted by Gasteiger charge is 2.43. The van der Waals surface area contributed by atoms with Crippen molar-refractivity contribution in [1.82, 2.24) is 4.90 Å². The topological polar surface area (TPSA) is 57.6 Å². The molecule has 0 aromatic carbocycles. The molecule has 4 nitrogen and oxygen atoms in total. The van der Waals surface area contributed by atoms with Gasteiger partial charge in [0, 0.05) is 13.1 Å². The van der Waals surface area contributed by atoms with Crippen molar-refractivity contribution in [3.63, 3.8) is 0 Å². The number of carboxylic acid groups (broad SMARTS) is 1. The van der Waals surface area contributed by atoms with Gasteiger partial charge in [-0.3, -0.25) is 9.59 Å². The third kappa shape index (κ3) is 3.59. The summed E-state index contributed by atoms with van der Waals surface area (Å²) in [6.07, 6.45) is 6.49. The van der Waals surface area contributed by atoms with Crippen LogP contribution in [0.1, 0.15) is 39.0 Å². The van der Waals surface area contributed by atoms with Gasteiger partial charge in [-0.05, 0) is 12.8 Å². The Kier molecular flexibility index (Phi) is 5.89. The molecule has 2 atom stereocenters. The Morgan fingerprint density at radius 1 is 1.50 bits per heavy atom. The van der Waals surface area contributed by atoms with Crippen molar-refractivity contribution in [1.29, 1.82) is 0 Å². The maximum Gasteiger partial charge on any atom is 0.309 e. The molecule has 0 aliphatic carbocycles. The molecule has 1 aliphatic rings. The minimum atomic E-state index is -0.869. The molecule has 1 rings (SSSR count). The third-order valence-corrected chi connectivity index (χ3v) is 3.55. The second-order valence-corrected chi connectivity index (χ2v) is 4.92. The number of hydrogen-bond acceptors (Lipinski definition) is 2. The van der Waals surface area contributed by atoms with Crippen molar-refractivity contribution in [3.8, 4) is 0 Å². The van der Waals surface area contributed by atoms with Crippen LogP contribution in [0.2, 0.25) is 0 Å². The van der Waals surface area contributed by atoms with E-state index in [1.165, 1.54) is 6.42 Å². The lowest BCUT2D eigenvalue weighted by molar-refractivity contribution is -0.143. The molecular weight excluding hydrogens is 230 g/mol. The minimum absolute atomic E-state index is 0.0150. The van der Waals surface area contributed by atoms with Gasteiger partial charge < -0.3 is 10.0 Å². The van der Waals surface area contributed by atoms with E-state index in [0.29, 0.717) is 19.5 Å². The number of carbonyl (C=O) groups excluding carboxylic acids is 1. The van der Waals surface area contributed by atoms with Crippen LogP contribution >= 0.6 is 0 Å². The molecule has 102 valence electrons. The fraction of sp³-hybridized carbons (Fsp3) is 0.714. The fourth-order valence-corrected chi connectivity index (χ4v) is 2.49. The van der Waals surface area contributed by atoms with E-state index < -0.39 is 17.8 Å². The monoisotopic (exact) mass is 253 g/mol. The highest BCUT2D eigenvalue weighted by atomic mass is 16.4. The van der Waals surface area contributed by atoms with Crippen LogP contribution in [0.15, 0.2) is 12.7 Å². The molecule has 0 saturated carbocycles. The van der Waals surface area contributed by atoms with Crippen LogP contribution in [0, 0.1) is 11.8 Å². The molecule has 18 heavy (non-hydrogen) atoms. The van der Waals surface area contributed by atoms with Gasteiger partial charge in [-0.25, -0.2) is 0 Å². The van der Waals surface area contributed by atoms with Crippen molar-refractivity contribution < 1.29 is 14.7 Å². The zero-order chi connectivity index (χ0) is 13.5. The summed E-state index contributed by atoms with van der Waals surface area (Å²) in [5, 5.41) is 9.14. The number of unbranched alkanes of at least 4 members (excludes halogenated alkanes) is 3. The molecular formula is C14H23NO3. The van der Waals surface area contributed by atoms with Crippen molar-refractivity contribution in [2.45, 2.75) is 39.0 Å².